The molecule has 1 unspecified atom stereocenters. The molecule has 2 nitrogen and oxygen atoms in total. The average Bonchev–Trinajstić information content (AvgIpc) is 2.27. The zero-order chi connectivity index (χ0) is 11.5. The van der Waals surface area contributed by atoms with Crippen molar-refractivity contribution >= 4 is 10.8 Å². The summed E-state index contributed by atoms with van der Waals surface area (Å²) in [5.74, 6) is 0.908. The molecule has 0 saturated heterocycles. The van der Waals surface area contributed by atoms with Crippen LogP contribution < -0.4 is 10.5 Å². The second-order valence-corrected chi connectivity index (χ2v) is 4.36. The summed E-state index contributed by atoms with van der Waals surface area (Å²) in [6.07, 6.45) is 1.03. The number of methoxy groups -OCH3 is 1. The molecule has 0 aromatic heterocycles. The molecule has 0 amide bonds. The van der Waals surface area contributed by atoms with Crippen molar-refractivity contribution in [3.05, 3.63) is 42.0 Å². The largest absolute Gasteiger partial charge is 0.497 e. The number of fused-ring (bicyclic) bond motifs is 1. The fourth-order valence-electron chi connectivity index (χ4n) is 1.93. The van der Waals surface area contributed by atoms with Crippen LogP contribution in [0, 0.1) is 0 Å². The maximum Gasteiger partial charge on any atom is 0.119 e. The van der Waals surface area contributed by atoms with Gasteiger partial charge in [-0.25, -0.2) is 0 Å². The van der Waals surface area contributed by atoms with Crippen molar-refractivity contribution in [2.24, 2.45) is 0 Å². The molecule has 2 aromatic carbocycles. The second-order valence-electron chi connectivity index (χ2n) is 4.36. The molecule has 2 aromatic rings. The molecule has 0 heterocycles. The number of ether oxygens (including phenoxy) is 1. The Morgan fingerprint density at radius 1 is 1.12 bits per heavy atom. The van der Waals surface area contributed by atoms with Gasteiger partial charge in [0, 0.05) is 6.42 Å². The van der Waals surface area contributed by atoms with E-state index in [-0.39, 0.29) is 0 Å². The Bertz CT molecular complexity index is 491. The SMILES string of the molecule is COc1ccc2cc(CC(C)[NH3+])ccc2c1. The zero-order valence-corrected chi connectivity index (χ0v) is 9.86. The molecule has 0 spiro atoms. The van der Waals surface area contributed by atoms with Gasteiger partial charge in [0.05, 0.1) is 13.2 Å². The highest BCUT2D eigenvalue weighted by atomic mass is 16.5. The van der Waals surface area contributed by atoms with Gasteiger partial charge >= 0.3 is 0 Å². The summed E-state index contributed by atoms with van der Waals surface area (Å²) in [6, 6.07) is 13.2. The second kappa shape index (κ2) is 4.54. The summed E-state index contributed by atoms with van der Waals surface area (Å²) in [4.78, 5) is 0. The maximum absolute atomic E-state index is 5.21. The van der Waals surface area contributed by atoms with Gasteiger partial charge in [-0.05, 0) is 35.4 Å². The third-order valence-corrected chi connectivity index (χ3v) is 2.70. The molecule has 0 aliphatic rings. The summed E-state index contributed by atoms with van der Waals surface area (Å²) in [6.45, 7) is 2.14. The Morgan fingerprint density at radius 3 is 2.50 bits per heavy atom. The number of hydrogen-bond acceptors (Lipinski definition) is 1. The molecule has 3 N–H and O–H groups in total. The third-order valence-electron chi connectivity index (χ3n) is 2.70. The van der Waals surface area contributed by atoms with Gasteiger partial charge in [0.25, 0.3) is 0 Å². The van der Waals surface area contributed by atoms with Crippen LogP contribution in [0.3, 0.4) is 0 Å². The van der Waals surface area contributed by atoms with E-state index in [9.17, 15) is 0 Å². The van der Waals surface area contributed by atoms with Crippen LogP contribution in [0.5, 0.6) is 5.75 Å². The Labute approximate surface area is 96.0 Å². The lowest BCUT2D eigenvalue weighted by molar-refractivity contribution is -0.413. The fourth-order valence-corrected chi connectivity index (χ4v) is 1.93. The van der Waals surface area contributed by atoms with Crippen LogP contribution in [-0.4, -0.2) is 13.2 Å². The minimum atomic E-state index is 0.454. The van der Waals surface area contributed by atoms with Crippen LogP contribution in [-0.2, 0) is 6.42 Å². The van der Waals surface area contributed by atoms with Crippen molar-refractivity contribution in [3.63, 3.8) is 0 Å². The highest BCUT2D eigenvalue weighted by Gasteiger charge is 2.02. The Balaban J connectivity index is 2.39. The molecule has 0 aliphatic carbocycles. The molecule has 2 rings (SSSR count). The molecule has 0 radical (unpaired) electrons. The highest BCUT2D eigenvalue weighted by molar-refractivity contribution is 5.84. The summed E-state index contributed by atoms with van der Waals surface area (Å²) >= 11 is 0. The minimum absolute atomic E-state index is 0.454. The van der Waals surface area contributed by atoms with Crippen LogP contribution in [0.15, 0.2) is 36.4 Å². The molecule has 16 heavy (non-hydrogen) atoms. The lowest BCUT2D eigenvalue weighted by atomic mass is 10.0. The van der Waals surface area contributed by atoms with E-state index >= 15 is 0 Å². The average molecular weight is 216 g/mol. The van der Waals surface area contributed by atoms with Gasteiger partial charge in [-0.3, -0.25) is 0 Å². The van der Waals surface area contributed by atoms with Crippen molar-refractivity contribution in [3.8, 4) is 5.75 Å². The summed E-state index contributed by atoms with van der Waals surface area (Å²) in [5, 5.41) is 2.48. The van der Waals surface area contributed by atoms with Crippen molar-refractivity contribution in [1.29, 1.82) is 0 Å². The number of quaternary nitrogens is 1. The molecule has 2 heteroatoms. The molecular weight excluding hydrogens is 198 g/mol. The van der Waals surface area contributed by atoms with Gasteiger partial charge in [0.1, 0.15) is 5.75 Å². The van der Waals surface area contributed by atoms with Gasteiger partial charge in [-0.1, -0.05) is 24.3 Å². The molecule has 0 bridgehead atoms. The van der Waals surface area contributed by atoms with Crippen molar-refractivity contribution in [1.82, 2.24) is 0 Å². The van der Waals surface area contributed by atoms with Gasteiger partial charge in [0.2, 0.25) is 0 Å². The van der Waals surface area contributed by atoms with Crippen LogP contribution in [0.2, 0.25) is 0 Å². The number of rotatable bonds is 3. The lowest BCUT2D eigenvalue weighted by Gasteiger charge is -2.06. The van der Waals surface area contributed by atoms with E-state index in [4.69, 9.17) is 4.74 Å². The van der Waals surface area contributed by atoms with Gasteiger partial charge in [-0.2, -0.15) is 0 Å². The first-order valence-corrected chi connectivity index (χ1v) is 5.59. The van der Waals surface area contributed by atoms with E-state index in [1.54, 1.807) is 7.11 Å². The van der Waals surface area contributed by atoms with Crippen molar-refractivity contribution < 1.29 is 10.5 Å². The number of hydrogen-bond donors (Lipinski definition) is 1. The van der Waals surface area contributed by atoms with E-state index in [0.717, 1.165) is 12.2 Å². The van der Waals surface area contributed by atoms with Crippen molar-refractivity contribution in [2.75, 3.05) is 7.11 Å². The van der Waals surface area contributed by atoms with Gasteiger partial charge in [-0.15, -0.1) is 0 Å². The molecule has 0 saturated carbocycles. The predicted octanol–water partition coefficient (Wildman–Crippen LogP) is 2.02. The van der Waals surface area contributed by atoms with Crippen LogP contribution in [0.1, 0.15) is 12.5 Å². The topological polar surface area (TPSA) is 36.9 Å². The molecule has 0 aliphatic heterocycles. The van der Waals surface area contributed by atoms with Crippen molar-refractivity contribution in [2.45, 2.75) is 19.4 Å². The maximum atomic E-state index is 5.21. The molecule has 0 fully saturated rings. The van der Waals surface area contributed by atoms with Gasteiger partial charge < -0.3 is 10.5 Å². The van der Waals surface area contributed by atoms with E-state index in [1.807, 2.05) is 6.07 Å². The monoisotopic (exact) mass is 216 g/mol. The van der Waals surface area contributed by atoms with Crippen LogP contribution in [0.4, 0.5) is 0 Å². The summed E-state index contributed by atoms with van der Waals surface area (Å²) < 4.78 is 5.21. The quantitative estimate of drug-likeness (QED) is 0.837. The highest BCUT2D eigenvalue weighted by Crippen LogP contribution is 2.22. The fraction of sp³-hybridized carbons (Fsp3) is 0.286. The van der Waals surface area contributed by atoms with E-state index in [0.29, 0.717) is 6.04 Å². The number of benzene rings is 2. The van der Waals surface area contributed by atoms with E-state index in [2.05, 4.69) is 43.0 Å². The zero-order valence-electron chi connectivity index (χ0n) is 9.86. The van der Waals surface area contributed by atoms with Crippen LogP contribution in [0.25, 0.3) is 10.8 Å². The molecule has 1 atom stereocenters. The molecule has 84 valence electrons. The minimum Gasteiger partial charge on any atom is -0.497 e. The summed E-state index contributed by atoms with van der Waals surface area (Å²) in [7, 11) is 1.69. The van der Waals surface area contributed by atoms with E-state index in [1.165, 1.54) is 16.3 Å². The molecular formula is C14H18NO+. The predicted molar refractivity (Wildman–Crippen MR) is 66.6 cm³/mol. The lowest BCUT2D eigenvalue weighted by Crippen LogP contribution is -2.60. The Hall–Kier alpha value is -1.54. The summed E-state index contributed by atoms with van der Waals surface area (Å²) in [5.41, 5.74) is 5.37. The normalized spacial score (nSPS) is 12.7. The third kappa shape index (κ3) is 2.34. The Morgan fingerprint density at radius 2 is 1.81 bits per heavy atom. The van der Waals surface area contributed by atoms with E-state index < -0.39 is 0 Å². The first kappa shape index (κ1) is 11.0. The first-order chi connectivity index (χ1) is 7.69. The Kier molecular flexibility index (Phi) is 3.11. The van der Waals surface area contributed by atoms with Crippen LogP contribution >= 0.6 is 0 Å². The smallest absolute Gasteiger partial charge is 0.119 e. The van der Waals surface area contributed by atoms with Gasteiger partial charge in [0.15, 0.2) is 0 Å². The standard InChI is InChI=1S/C14H17NO/c1-10(15)7-11-3-4-13-9-14(16-2)6-5-12(13)8-11/h3-6,8-10H,7,15H2,1-2H3/p+1. The first-order valence-electron chi connectivity index (χ1n) is 5.59.